The first-order valence-electron chi connectivity index (χ1n) is 6.75. The van der Waals surface area contributed by atoms with Gasteiger partial charge in [-0.25, -0.2) is 9.00 Å². The summed E-state index contributed by atoms with van der Waals surface area (Å²) in [6.07, 6.45) is 0. The molecule has 1 amide bonds. The Hall–Kier alpha value is -2.51. The molecular weight excluding hydrogens is 316 g/mol. The van der Waals surface area contributed by atoms with E-state index in [1.165, 1.54) is 7.11 Å². The number of nitrogens with two attached hydrogens (primary N) is 1. The molecule has 2 rings (SSSR count). The van der Waals surface area contributed by atoms with Crippen LogP contribution >= 0.6 is 0 Å². The van der Waals surface area contributed by atoms with E-state index in [0.29, 0.717) is 21.0 Å². The highest BCUT2D eigenvalue weighted by Gasteiger charge is 2.10. The van der Waals surface area contributed by atoms with Gasteiger partial charge >= 0.3 is 5.97 Å². The zero-order valence-corrected chi connectivity index (χ0v) is 13.3. The number of carbonyl (C=O) groups is 2. The van der Waals surface area contributed by atoms with Gasteiger partial charge in [0, 0.05) is 15.5 Å². The molecule has 0 spiro atoms. The lowest BCUT2D eigenvalue weighted by atomic mass is 10.2. The van der Waals surface area contributed by atoms with Crippen LogP contribution in [0, 0.1) is 0 Å². The zero-order valence-electron chi connectivity index (χ0n) is 12.4. The highest BCUT2D eigenvalue weighted by Crippen LogP contribution is 2.19. The molecule has 0 saturated heterocycles. The molecule has 0 aromatic heterocycles. The Bertz CT molecular complexity index is 727. The quantitative estimate of drug-likeness (QED) is 0.809. The third kappa shape index (κ3) is 4.24. The van der Waals surface area contributed by atoms with Gasteiger partial charge in [-0.15, -0.1) is 0 Å². The van der Waals surface area contributed by atoms with Crippen LogP contribution in [-0.2, 0) is 20.3 Å². The molecule has 2 aromatic carbocycles. The molecule has 0 aliphatic heterocycles. The number of methoxy groups -OCH3 is 1. The average Bonchev–Trinajstić information content (AvgIpc) is 2.61. The summed E-state index contributed by atoms with van der Waals surface area (Å²) in [4.78, 5) is 23.7. The van der Waals surface area contributed by atoms with Crippen LogP contribution in [0.1, 0.15) is 10.4 Å². The highest BCUT2D eigenvalue weighted by molar-refractivity contribution is 7.85. The highest BCUT2D eigenvalue weighted by atomic mass is 32.2. The lowest BCUT2D eigenvalue weighted by molar-refractivity contribution is -0.114. The standard InChI is InChI=1S/C16H16N2O4S/c1-22-16(20)11-2-6-13(7-3-11)23(21)14-8-4-12(5-9-14)18-15(19)10-17/h2-9H,10,17H2,1H3,(H,18,19). The monoisotopic (exact) mass is 332 g/mol. The lowest BCUT2D eigenvalue weighted by Gasteiger charge is -2.06. The van der Waals surface area contributed by atoms with Gasteiger partial charge in [-0.2, -0.15) is 0 Å². The van der Waals surface area contributed by atoms with Gasteiger partial charge < -0.3 is 15.8 Å². The summed E-state index contributed by atoms with van der Waals surface area (Å²) in [5.41, 5.74) is 6.21. The third-order valence-corrected chi connectivity index (χ3v) is 4.43. The Labute approximate surface area is 136 Å². The number of benzene rings is 2. The predicted octanol–water partition coefficient (Wildman–Crippen LogP) is 1.54. The number of nitrogens with one attached hydrogen (secondary N) is 1. The van der Waals surface area contributed by atoms with Gasteiger partial charge in [0.2, 0.25) is 5.91 Å². The molecule has 0 saturated carbocycles. The van der Waals surface area contributed by atoms with E-state index in [0.717, 1.165) is 0 Å². The first-order chi connectivity index (χ1) is 11.0. The van der Waals surface area contributed by atoms with Crippen LogP contribution in [0.15, 0.2) is 58.3 Å². The van der Waals surface area contributed by atoms with Gasteiger partial charge in [-0.05, 0) is 48.5 Å². The van der Waals surface area contributed by atoms with Gasteiger partial charge in [0.1, 0.15) is 0 Å². The molecule has 0 radical (unpaired) electrons. The molecular formula is C16H16N2O4S. The van der Waals surface area contributed by atoms with Crippen molar-refractivity contribution < 1.29 is 18.5 Å². The molecule has 0 heterocycles. The number of carbonyl (C=O) groups excluding carboxylic acids is 2. The van der Waals surface area contributed by atoms with Crippen molar-refractivity contribution in [2.45, 2.75) is 9.79 Å². The van der Waals surface area contributed by atoms with Gasteiger partial charge in [0.05, 0.1) is 30.0 Å². The second kappa shape index (κ2) is 7.66. The Morgan fingerprint density at radius 3 is 2.04 bits per heavy atom. The Kier molecular flexibility index (Phi) is 5.61. The number of rotatable bonds is 5. The Morgan fingerprint density at radius 2 is 1.57 bits per heavy atom. The fraction of sp³-hybridized carbons (Fsp3) is 0.125. The van der Waals surface area contributed by atoms with E-state index in [-0.39, 0.29) is 12.5 Å². The van der Waals surface area contributed by atoms with Crippen molar-refractivity contribution >= 4 is 28.4 Å². The molecule has 1 unspecified atom stereocenters. The van der Waals surface area contributed by atoms with E-state index in [9.17, 15) is 13.8 Å². The first-order valence-corrected chi connectivity index (χ1v) is 7.90. The van der Waals surface area contributed by atoms with Gasteiger partial charge in [0.15, 0.2) is 0 Å². The summed E-state index contributed by atoms with van der Waals surface area (Å²) >= 11 is 0. The minimum Gasteiger partial charge on any atom is -0.465 e. The number of amides is 1. The topological polar surface area (TPSA) is 98.5 Å². The summed E-state index contributed by atoms with van der Waals surface area (Å²) in [5.74, 6) is -0.736. The van der Waals surface area contributed by atoms with Crippen molar-refractivity contribution in [3.05, 3.63) is 54.1 Å². The van der Waals surface area contributed by atoms with E-state index >= 15 is 0 Å². The summed E-state index contributed by atoms with van der Waals surface area (Å²) < 4.78 is 17.1. The molecule has 3 N–H and O–H groups in total. The van der Waals surface area contributed by atoms with Gasteiger partial charge in [-0.1, -0.05) is 0 Å². The smallest absolute Gasteiger partial charge is 0.337 e. The summed E-state index contributed by atoms with van der Waals surface area (Å²) in [6.45, 7) is -0.0970. The minimum absolute atomic E-state index is 0.0970. The van der Waals surface area contributed by atoms with E-state index in [4.69, 9.17) is 5.73 Å². The van der Waals surface area contributed by atoms with E-state index < -0.39 is 16.8 Å². The maximum absolute atomic E-state index is 12.5. The second-order valence-electron chi connectivity index (χ2n) is 4.56. The Morgan fingerprint density at radius 1 is 1.04 bits per heavy atom. The number of ether oxygens (including phenoxy) is 1. The molecule has 0 bridgehead atoms. The first kappa shape index (κ1) is 16.9. The van der Waals surface area contributed by atoms with Gasteiger partial charge in [-0.3, -0.25) is 4.79 Å². The third-order valence-electron chi connectivity index (χ3n) is 3.03. The van der Waals surface area contributed by atoms with Crippen molar-refractivity contribution in [3.63, 3.8) is 0 Å². The molecule has 1 atom stereocenters. The van der Waals surface area contributed by atoms with Crippen LogP contribution in [0.2, 0.25) is 0 Å². The van der Waals surface area contributed by atoms with E-state index in [2.05, 4.69) is 10.1 Å². The van der Waals surface area contributed by atoms with E-state index in [1.807, 2.05) is 0 Å². The maximum atomic E-state index is 12.5. The molecule has 7 heteroatoms. The SMILES string of the molecule is COC(=O)c1ccc(S(=O)c2ccc(NC(=O)CN)cc2)cc1. The van der Waals surface area contributed by atoms with Crippen molar-refractivity contribution in [3.8, 4) is 0 Å². The summed E-state index contributed by atoms with van der Waals surface area (Å²) in [7, 11) is -0.0775. The van der Waals surface area contributed by atoms with Crippen LogP contribution in [0.5, 0.6) is 0 Å². The van der Waals surface area contributed by atoms with Crippen molar-refractivity contribution in [2.75, 3.05) is 19.0 Å². The maximum Gasteiger partial charge on any atom is 0.337 e. The van der Waals surface area contributed by atoms with Crippen LogP contribution in [-0.4, -0.2) is 29.7 Å². The molecule has 120 valence electrons. The summed E-state index contributed by atoms with van der Waals surface area (Å²) in [6, 6.07) is 13.0. The van der Waals surface area contributed by atoms with Gasteiger partial charge in [0.25, 0.3) is 0 Å². The van der Waals surface area contributed by atoms with Crippen molar-refractivity contribution in [1.82, 2.24) is 0 Å². The Balaban J connectivity index is 2.13. The van der Waals surface area contributed by atoms with Crippen LogP contribution in [0.3, 0.4) is 0 Å². The average molecular weight is 332 g/mol. The zero-order chi connectivity index (χ0) is 16.8. The largest absolute Gasteiger partial charge is 0.465 e. The molecule has 2 aromatic rings. The molecule has 6 nitrogen and oxygen atoms in total. The predicted molar refractivity (Wildman–Crippen MR) is 86.6 cm³/mol. The van der Waals surface area contributed by atoms with Crippen molar-refractivity contribution in [1.29, 1.82) is 0 Å². The number of esters is 1. The van der Waals surface area contributed by atoms with Crippen LogP contribution in [0.4, 0.5) is 5.69 Å². The molecule has 0 aliphatic rings. The van der Waals surface area contributed by atoms with Crippen LogP contribution < -0.4 is 11.1 Å². The normalized spacial score (nSPS) is 11.6. The molecule has 0 aliphatic carbocycles. The molecule has 0 fully saturated rings. The van der Waals surface area contributed by atoms with Crippen molar-refractivity contribution in [2.24, 2.45) is 5.73 Å². The van der Waals surface area contributed by atoms with E-state index in [1.54, 1.807) is 48.5 Å². The number of hydrogen-bond acceptors (Lipinski definition) is 5. The minimum atomic E-state index is -1.38. The fourth-order valence-electron chi connectivity index (χ4n) is 1.84. The second-order valence-corrected chi connectivity index (χ2v) is 6.04. The molecule has 23 heavy (non-hydrogen) atoms. The number of hydrogen-bond donors (Lipinski definition) is 2. The lowest BCUT2D eigenvalue weighted by Crippen LogP contribution is -2.21. The number of anilines is 1. The van der Waals surface area contributed by atoms with Crippen LogP contribution in [0.25, 0.3) is 0 Å². The fourth-order valence-corrected chi connectivity index (χ4v) is 2.88. The summed E-state index contributed by atoms with van der Waals surface area (Å²) in [5, 5.41) is 2.61.